The van der Waals surface area contributed by atoms with Crippen LogP contribution in [0.5, 0.6) is 0 Å². The molecule has 0 amide bonds. The van der Waals surface area contributed by atoms with Crippen LogP contribution in [-0.4, -0.2) is 22.6 Å². The second kappa shape index (κ2) is 4.87. The number of carboxylic acid groups (broad SMARTS) is 1. The molecule has 0 spiro atoms. The van der Waals surface area contributed by atoms with Gasteiger partial charge in [-0.05, 0) is 50.9 Å². The molecule has 4 heteroatoms. The highest BCUT2D eigenvalue weighted by atomic mass is 16.4. The van der Waals surface area contributed by atoms with Gasteiger partial charge in [0.2, 0.25) is 0 Å². The van der Waals surface area contributed by atoms with Gasteiger partial charge in [-0.2, -0.15) is 0 Å². The SMILES string of the molecule is Cc1cc(C)c2nc(C3CCCN3)cc(C(=O)O)c2c1. The van der Waals surface area contributed by atoms with E-state index in [0.717, 1.165) is 47.1 Å². The summed E-state index contributed by atoms with van der Waals surface area (Å²) in [5, 5.41) is 13.6. The van der Waals surface area contributed by atoms with Gasteiger partial charge in [0.25, 0.3) is 0 Å². The standard InChI is InChI=1S/C16H18N2O2/c1-9-6-10(2)15-11(7-9)12(16(19)20)8-14(18-15)13-4-3-5-17-13/h6-8,13,17H,3-5H2,1-2H3,(H,19,20). The van der Waals surface area contributed by atoms with E-state index in [2.05, 4.69) is 5.32 Å². The number of pyridine rings is 1. The van der Waals surface area contributed by atoms with Crippen molar-refractivity contribution in [2.45, 2.75) is 32.7 Å². The zero-order valence-corrected chi connectivity index (χ0v) is 11.7. The third-order valence-corrected chi connectivity index (χ3v) is 3.92. The van der Waals surface area contributed by atoms with Crippen LogP contribution in [0.15, 0.2) is 18.2 Å². The molecule has 0 radical (unpaired) electrons. The summed E-state index contributed by atoms with van der Waals surface area (Å²) < 4.78 is 0. The van der Waals surface area contributed by atoms with Crippen LogP contribution in [0, 0.1) is 13.8 Å². The predicted octanol–water partition coefficient (Wildman–Crippen LogP) is 2.97. The highest BCUT2D eigenvalue weighted by molar-refractivity contribution is 6.03. The number of nitrogens with one attached hydrogen (secondary N) is 1. The Balaban J connectivity index is 2.27. The second-order valence-corrected chi connectivity index (χ2v) is 5.53. The van der Waals surface area contributed by atoms with E-state index in [9.17, 15) is 9.90 Å². The minimum absolute atomic E-state index is 0.179. The first kappa shape index (κ1) is 13.1. The molecule has 1 atom stereocenters. The van der Waals surface area contributed by atoms with Crippen molar-refractivity contribution in [3.05, 3.63) is 40.6 Å². The third kappa shape index (κ3) is 2.16. The zero-order valence-electron chi connectivity index (χ0n) is 11.7. The van der Waals surface area contributed by atoms with Crippen molar-refractivity contribution in [1.29, 1.82) is 0 Å². The maximum absolute atomic E-state index is 11.6. The van der Waals surface area contributed by atoms with Crippen molar-refractivity contribution in [2.75, 3.05) is 6.54 Å². The van der Waals surface area contributed by atoms with Crippen molar-refractivity contribution in [3.63, 3.8) is 0 Å². The fourth-order valence-electron chi connectivity index (χ4n) is 2.99. The number of hydrogen-bond acceptors (Lipinski definition) is 3. The van der Waals surface area contributed by atoms with Crippen LogP contribution in [0.25, 0.3) is 10.9 Å². The first-order valence-electron chi connectivity index (χ1n) is 6.95. The lowest BCUT2D eigenvalue weighted by molar-refractivity contribution is 0.0699. The fourth-order valence-corrected chi connectivity index (χ4v) is 2.99. The number of hydrogen-bond donors (Lipinski definition) is 2. The summed E-state index contributed by atoms with van der Waals surface area (Å²) in [5.74, 6) is -0.887. The maximum atomic E-state index is 11.6. The van der Waals surface area contributed by atoms with Gasteiger partial charge in [0.05, 0.1) is 16.8 Å². The van der Waals surface area contributed by atoms with Crippen LogP contribution < -0.4 is 5.32 Å². The molecule has 1 fully saturated rings. The molecular formula is C16H18N2O2. The van der Waals surface area contributed by atoms with Gasteiger partial charge in [0, 0.05) is 11.4 Å². The van der Waals surface area contributed by atoms with Gasteiger partial charge < -0.3 is 10.4 Å². The van der Waals surface area contributed by atoms with Gasteiger partial charge in [0.15, 0.2) is 0 Å². The molecule has 2 aromatic rings. The Morgan fingerprint density at radius 2 is 2.15 bits per heavy atom. The number of carbonyl (C=O) groups is 1. The molecule has 0 bridgehead atoms. The molecule has 3 rings (SSSR count). The highest BCUT2D eigenvalue weighted by Crippen LogP contribution is 2.28. The molecule has 104 valence electrons. The lowest BCUT2D eigenvalue weighted by atomic mass is 10.00. The van der Waals surface area contributed by atoms with Gasteiger partial charge in [-0.1, -0.05) is 11.6 Å². The Hall–Kier alpha value is -1.94. The van der Waals surface area contributed by atoms with Crippen LogP contribution in [0.1, 0.15) is 46.1 Å². The van der Waals surface area contributed by atoms with Crippen LogP contribution >= 0.6 is 0 Å². The first-order chi connectivity index (χ1) is 9.56. The van der Waals surface area contributed by atoms with Crippen LogP contribution in [0.2, 0.25) is 0 Å². The average molecular weight is 270 g/mol. The van der Waals surface area contributed by atoms with Gasteiger partial charge >= 0.3 is 5.97 Å². The number of aryl methyl sites for hydroxylation is 2. The van der Waals surface area contributed by atoms with E-state index in [4.69, 9.17) is 4.98 Å². The molecule has 0 aliphatic carbocycles. The van der Waals surface area contributed by atoms with Gasteiger partial charge in [-0.15, -0.1) is 0 Å². The normalized spacial score (nSPS) is 18.6. The highest BCUT2D eigenvalue weighted by Gasteiger charge is 2.21. The number of aromatic nitrogens is 1. The lowest BCUT2D eigenvalue weighted by Crippen LogP contribution is -2.15. The summed E-state index contributed by atoms with van der Waals surface area (Å²) >= 11 is 0. The van der Waals surface area contributed by atoms with Crippen LogP contribution in [0.3, 0.4) is 0 Å². The summed E-state index contributed by atoms with van der Waals surface area (Å²) in [4.78, 5) is 16.3. The lowest BCUT2D eigenvalue weighted by Gasteiger charge is -2.14. The van der Waals surface area contributed by atoms with E-state index in [1.54, 1.807) is 6.07 Å². The number of aromatic carboxylic acids is 1. The van der Waals surface area contributed by atoms with Crippen molar-refractivity contribution in [2.24, 2.45) is 0 Å². The predicted molar refractivity (Wildman–Crippen MR) is 78.2 cm³/mol. The molecule has 0 saturated carbocycles. The quantitative estimate of drug-likeness (QED) is 0.880. The van der Waals surface area contributed by atoms with Gasteiger partial charge in [-0.25, -0.2) is 4.79 Å². The van der Waals surface area contributed by atoms with Crippen LogP contribution in [-0.2, 0) is 0 Å². The molecule has 2 heterocycles. The number of nitrogens with zero attached hydrogens (tertiary/aromatic N) is 1. The topological polar surface area (TPSA) is 62.2 Å². The molecule has 1 unspecified atom stereocenters. The molecule has 1 aliphatic rings. The van der Waals surface area contributed by atoms with E-state index < -0.39 is 5.97 Å². The minimum atomic E-state index is -0.887. The molecular weight excluding hydrogens is 252 g/mol. The van der Waals surface area contributed by atoms with E-state index in [-0.39, 0.29) is 6.04 Å². The number of fused-ring (bicyclic) bond motifs is 1. The Morgan fingerprint density at radius 1 is 1.35 bits per heavy atom. The molecule has 1 aliphatic heterocycles. The summed E-state index contributed by atoms with van der Waals surface area (Å²) in [6.07, 6.45) is 2.13. The first-order valence-corrected chi connectivity index (χ1v) is 6.95. The monoisotopic (exact) mass is 270 g/mol. The minimum Gasteiger partial charge on any atom is -0.478 e. The number of benzene rings is 1. The third-order valence-electron chi connectivity index (χ3n) is 3.92. The fraction of sp³-hybridized carbons (Fsp3) is 0.375. The molecule has 1 aromatic heterocycles. The molecule has 1 saturated heterocycles. The van der Waals surface area contributed by atoms with E-state index in [1.807, 2.05) is 26.0 Å². The van der Waals surface area contributed by atoms with Crippen molar-refractivity contribution in [3.8, 4) is 0 Å². The summed E-state index contributed by atoms with van der Waals surface area (Å²) in [5.41, 5.74) is 4.09. The Morgan fingerprint density at radius 3 is 2.80 bits per heavy atom. The van der Waals surface area contributed by atoms with Crippen LogP contribution in [0.4, 0.5) is 0 Å². The van der Waals surface area contributed by atoms with E-state index in [1.165, 1.54) is 0 Å². The molecule has 2 N–H and O–H groups in total. The number of rotatable bonds is 2. The zero-order chi connectivity index (χ0) is 14.3. The molecule has 4 nitrogen and oxygen atoms in total. The average Bonchev–Trinajstić information content (AvgIpc) is 2.91. The number of carboxylic acids is 1. The second-order valence-electron chi connectivity index (χ2n) is 5.53. The van der Waals surface area contributed by atoms with Gasteiger partial charge in [0.1, 0.15) is 0 Å². The van der Waals surface area contributed by atoms with Gasteiger partial charge in [-0.3, -0.25) is 4.98 Å². The van der Waals surface area contributed by atoms with E-state index in [0.29, 0.717) is 5.56 Å². The Bertz CT molecular complexity index is 688. The molecule has 1 aromatic carbocycles. The largest absolute Gasteiger partial charge is 0.478 e. The summed E-state index contributed by atoms with van der Waals surface area (Å²) in [6, 6.07) is 5.86. The maximum Gasteiger partial charge on any atom is 0.336 e. The van der Waals surface area contributed by atoms with Crippen molar-refractivity contribution >= 4 is 16.9 Å². The van der Waals surface area contributed by atoms with E-state index >= 15 is 0 Å². The van der Waals surface area contributed by atoms with Crippen molar-refractivity contribution in [1.82, 2.24) is 10.3 Å². The van der Waals surface area contributed by atoms with Crippen molar-refractivity contribution < 1.29 is 9.90 Å². The Kier molecular flexibility index (Phi) is 3.18. The smallest absolute Gasteiger partial charge is 0.336 e. The Labute approximate surface area is 117 Å². The summed E-state index contributed by atoms with van der Waals surface area (Å²) in [7, 11) is 0. The molecule has 20 heavy (non-hydrogen) atoms. The summed E-state index contributed by atoms with van der Waals surface area (Å²) in [6.45, 7) is 4.93.